The molecule has 0 amide bonds. The molecule has 102 valence electrons. The van der Waals surface area contributed by atoms with Crippen LogP contribution in [0.25, 0.3) is 0 Å². The van der Waals surface area contributed by atoms with Crippen LogP contribution < -0.4 is 16.0 Å². The molecule has 0 aliphatic rings. The van der Waals surface area contributed by atoms with E-state index in [4.69, 9.17) is 5.84 Å². The highest BCUT2D eigenvalue weighted by Gasteiger charge is 2.20. The molecule has 1 unspecified atom stereocenters. The number of aromatic amines is 1. The van der Waals surface area contributed by atoms with Crippen molar-refractivity contribution in [3.63, 3.8) is 0 Å². The van der Waals surface area contributed by atoms with E-state index in [0.717, 1.165) is 0 Å². The molecule has 2 rings (SSSR count). The summed E-state index contributed by atoms with van der Waals surface area (Å²) in [5.41, 5.74) is 2.30. The zero-order valence-corrected chi connectivity index (χ0v) is 11.0. The SMILES string of the molecule is CC(NS(=O)(=O)c1ccnc(NN)c1)c1ncc[nH]1. The zero-order valence-electron chi connectivity index (χ0n) is 10.2. The number of pyridine rings is 1. The standard InChI is InChI=1S/C10H14N6O2S/c1-7(10-13-4-5-14-10)16-19(17,18)8-2-3-12-9(6-8)15-11/h2-7,16H,11H2,1H3,(H,12,15)(H,13,14). The van der Waals surface area contributed by atoms with Gasteiger partial charge in [-0.3, -0.25) is 0 Å². The van der Waals surface area contributed by atoms with E-state index in [2.05, 4.69) is 25.1 Å². The van der Waals surface area contributed by atoms with Gasteiger partial charge >= 0.3 is 0 Å². The molecule has 2 aromatic rings. The van der Waals surface area contributed by atoms with Crippen molar-refractivity contribution in [3.05, 3.63) is 36.5 Å². The Morgan fingerprint density at radius 2 is 2.16 bits per heavy atom. The lowest BCUT2D eigenvalue weighted by Crippen LogP contribution is -2.27. The van der Waals surface area contributed by atoms with Crippen molar-refractivity contribution >= 4 is 15.8 Å². The van der Waals surface area contributed by atoms with Gasteiger partial charge in [0.2, 0.25) is 10.0 Å². The number of sulfonamides is 1. The first-order valence-corrected chi connectivity index (χ1v) is 6.95. The van der Waals surface area contributed by atoms with Gasteiger partial charge in [-0.2, -0.15) is 0 Å². The average Bonchev–Trinajstić information content (AvgIpc) is 2.92. The van der Waals surface area contributed by atoms with Gasteiger partial charge in [0.1, 0.15) is 11.6 Å². The van der Waals surface area contributed by atoms with Crippen LogP contribution in [0.2, 0.25) is 0 Å². The quantitative estimate of drug-likeness (QED) is 0.456. The Balaban J connectivity index is 2.22. The van der Waals surface area contributed by atoms with Crippen LogP contribution in [0.4, 0.5) is 5.82 Å². The van der Waals surface area contributed by atoms with Crippen LogP contribution in [0, 0.1) is 0 Å². The van der Waals surface area contributed by atoms with Crippen molar-refractivity contribution in [2.75, 3.05) is 5.43 Å². The first kappa shape index (κ1) is 13.5. The third-order valence-electron chi connectivity index (χ3n) is 2.45. The predicted octanol–water partition coefficient (Wildman–Crippen LogP) is 0.130. The van der Waals surface area contributed by atoms with E-state index in [-0.39, 0.29) is 10.7 Å². The Kier molecular flexibility index (Phi) is 3.79. The topological polar surface area (TPSA) is 126 Å². The van der Waals surface area contributed by atoms with Crippen LogP contribution >= 0.6 is 0 Å². The fourth-order valence-electron chi connectivity index (χ4n) is 1.53. The van der Waals surface area contributed by atoms with E-state index < -0.39 is 16.1 Å². The fraction of sp³-hybridized carbons (Fsp3) is 0.200. The Bertz CT molecular complexity index is 640. The molecule has 2 aromatic heterocycles. The van der Waals surface area contributed by atoms with E-state index in [1.54, 1.807) is 19.3 Å². The third kappa shape index (κ3) is 3.08. The molecule has 0 radical (unpaired) electrons. The van der Waals surface area contributed by atoms with Gasteiger partial charge in [0.05, 0.1) is 10.9 Å². The van der Waals surface area contributed by atoms with Crippen LogP contribution in [-0.4, -0.2) is 23.4 Å². The van der Waals surface area contributed by atoms with E-state index in [9.17, 15) is 8.42 Å². The van der Waals surface area contributed by atoms with Crippen LogP contribution in [0.1, 0.15) is 18.8 Å². The monoisotopic (exact) mass is 282 g/mol. The number of nitrogen functional groups attached to an aromatic ring is 1. The number of hydrazine groups is 1. The number of hydrogen-bond acceptors (Lipinski definition) is 6. The second kappa shape index (κ2) is 5.34. The van der Waals surface area contributed by atoms with E-state index in [1.165, 1.54) is 18.3 Å². The van der Waals surface area contributed by atoms with Gasteiger partial charge in [0.15, 0.2) is 0 Å². The predicted molar refractivity (Wildman–Crippen MR) is 69.4 cm³/mol. The average molecular weight is 282 g/mol. The Hall–Kier alpha value is -1.97. The number of nitrogens with two attached hydrogens (primary N) is 1. The summed E-state index contributed by atoms with van der Waals surface area (Å²) in [7, 11) is -3.66. The molecule has 8 nitrogen and oxygen atoms in total. The molecule has 0 aliphatic heterocycles. The minimum Gasteiger partial charge on any atom is -0.347 e. The number of imidazole rings is 1. The van der Waals surface area contributed by atoms with Crippen molar-refractivity contribution in [1.29, 1.82) is 0 Å². The largest absolute Gasteiger partial charge is 0.347 e. The minimum atomic E-state index is -3.66. The molecule has 19 heavy (non-hydrogen) atoms. The fourth-order valence-corrected chi connectivity index (χ4v) is 2.75. The molecule has 5 N–H and O–H groups in total. The second-order valence-corrected chi connectivity index (χ2v) is 5.55. The lowest BCUT2D eigenvalue weighted by Gasteiger charge is -2.12. The first-order valence-electron chi connectivity index (χ1n) is 5.47. The lowest BCUT2D eigenvalue weighted by molar-refractivity contribution is 0.561. The molecule has 0 aromatic carbocycles. The number of nitrogens with zero attached hydrogens (tertiary/aromatic N) is 2. The van der Waals surface area contributed by atoms with Gasteiger partial charge in [-0.25, -0.2) is 29.0 Å². The molecule has 0 fully saturated rings. The number of nitrogens with one attached hydrogen (secondary N) is 3. The minimum absolute atomic E-state index is 0.0776. The normalized spacial score (nSPS) is 13.2. The van der Waals surface area contributed by atoms with Crippen molar-refractivity contribution in [2.45, 2.75) is 17.9 Å². The third-order valence-corrected chi connectivity index (χ3v) is 3.99. The highest BCUT2D eigenvalue weighted by atomic mass is 32.2. The van der Waals surface area contributed by atoms with Gasteiger partial charge in [-0.05, 0) is 13.0 Å². The molecule has 1 atom stereocenters. The first-order chi connectivity index (χ1) is 9.03. The molecule has 9 heteroatoms. The van der Waals surface area contributed by atoms with Gasteiger partial charge in [0.25, 0.3) is 0 Å². The molecular formula is C10H14N6O2S. The molecule has 0 aliphatic carbocycles. The summed E-state index contributed by atoms with van der Waals surface area (Å²) in [5.74, 6) is 6.01. The highest BCUT2D eigenvalue weighted by Crippen LogP contribution is 2.15. The number of rotatable bonds is 5. The maximum Gasteiger partial charge on any atom is 0.241 e. The smallest absolute Gasteiger partial charge is 0.241 e. The van der Waals surface area contributed by atoms with Crippen LogP contribution in [0.5, 0.6) is 0 Å². The van der Waals surface area contributed by atoms with E-state index in [0.29, 0.717) is 5.82 Å². The van der Waals surface area contributed by atoms with Gasteiger partial charge in [0, 0.05) is 24.7 Å². The van der Waals surface area contributed by atoms with Gasteiger partial charge < -0.3 is 10.4 Å². The van der Waals surface area contributed by atoms with Crippen molar-refractivity contribution in [1.82, 2.24) is 19.7 Å². The Morgan fingerprint density at radius 1 is 1.37 bits per heavy atom. The molecule has 0 saturated carbocycles. The summed E-state index contributed by atoms with van der Waals surface area (Å²) in [5, 5.41) is 0. The molecule has 0 saturated heterocycles. The number of H-pyrrole nitrogens is 1. The summed E-state index contributed by atoms with van der Waals surface area (Å²) in [4.78, 5) is 10.8. The summed E-state index contributed by atoms with van der Waals surface area (Å²) >= 11 is 0. The van der Waals surface area contributed by atoms with Crippen molar-refractivity contribution in [3.8, 4) is 0 Å². The number of hydrogen-bond donors (Lipinski definition) is 4. The summed E-state index contributed by atoms with van der Waals surface area (Å²) in [6.45, 7) is 1.69. The van der Waals surface area contributed by atoms with Crippen LogP contribution in [0.3, 0.4) is 0 Å². The Morgan fingerprint density at radius 3 is 2.79 bits per heavy atom. The molecule has 2 heterocycles. The second-order valence-electron chi connectivity index (χ2n) is 3.84. The van der Waals surface area contributed by atoms with Crippen LogP contribution in [-0.2, 0) is 10.0 Å². The molecule has 0 spiro atoms. The summed E-state index contributed by atoms with van der Waals surface area (Å²) in [6, 6.07) is 2.26. The van der Waals surface area contributed by atoms with Crippen molar-refractivity contribution in [2.24, 2.45) is 5.84 Å². The maximum atomic E-state index is 12.2. The van der Waals surface area contributed by atoms with E-state index >= 15 is 0 Å². The Labute approximate surface area is 110 Å². The summed E-state index contributed by atoms with van der Waals surface area (Å²) < 4.78 is 26.8. The van der Waals surface area contributed by atoms with Gasteiger partial charge in [-0.1, -0.05) is 0 Å². The zero-order chi connectivity index (χ0) is 13.9. The van der Waals surface area contributed by atoms with E-state index in [1.807, 2.05) is 0 Å². The lowest BCUT2D eigenvalue weighted by atomic mass is 10.3. The molecule has 0 bridgehead atoms. The highest BCUT2D eigenvalue weighted by molar-refractivity contribution is 7.89. The van der Waals surface area contributed by atoms with Gasteiger partial charge in [-0.15, -0.1) is 0 Å². The maximum absolute atomic E-state index is 12.2. The molecular weight excluding hydrogens is 268 g/mol. The number of aromatic nitrogens is 3. The number of anilines is 1. The van der Waals surface area contributed by atoms with Crippen LogP contribution in [0.15, 0.2) is 35.6 Å². The summed E-state index contributed by atoms with van der Waals surface area (Å²) in [6.07, 6.45) is 4.55. The van der Waals surface area contributed by atoms with Crippen molar-refractivity contribution < 1.29 is 8.42 Å².